The number of nitrogens with one attached hydrogen (secondary N) is 3. The van der Waals surface area contributed by atoms with E-state index in [-0.39, 0.29) is 24.3 Å². The molecule has 0 bridgehead atoms. The van der Waals surface area contributed by atoms with E-state index in [1.165, 1.54) is 4.68 Å². The monoisotopic (exact) mass is 317 g/mol. The molecule has 1 amide bonds. The van der Waals surface area contributed by atoms with E-state index >= 15 is 0 Å². The highest BCUT2D eigenvalue weighted by atomic mass is 16.2. The summed E-state index contributed by atoms with van der Waals surface area (Å²) < 4.78 is 1.31. The van der Waals surface area contributed by atoms with Crippen LogP contribution in [0.25, 0.3) is 0 Å². The summed E-state index contributed by atoms with van der Waals surface area (Å²) in [5.41, 5.74) is 0.179. The fraction of sp³-hybridized carbons (Fsp3) is 0.357. The molecule has 9 nitrogen and oxygen atoms in total. The van der Waals surface area contributed by atoms with Crippen molar-refractivity contribution in [2.75, 3.05) is 6.54 Å². The Labute approximate surface area is 129 Å². The predicted octanol–water partition coefficient (Wildman–Crippen LogP) is -1.46. The number of rotatable bonds is 4. The van der Waals surface area contributed by atoms with Crippen LogP contribution in [0.3, 0.4) is 0 Å². The van der Waals surface area contributed by atoms with Crippen molar-refractivity contribution in [1.29, 1.82) is 0 Å². The number of hydrogen-bond acceptors (Lipinski definition) is 5. The van der Waals surface area contributed by atoms with Gasteiger partial charge in [-0.3, -0.25) is 19.4 Å². The molecule has 0 aromatic carbocycles. The molecule has 1 aliphatic rings. The van der Waals surface area contributed by atoms with Crippen molar-refractivity contribution in [3.63, 3.8) is 0 Å². The standard InChI is InChI=1S/C14H15N5O4/c20-11-7-10(16-14(23)17-11)13(22)15-4-5-19-12(21)6-8-2-1-3-9(8)18-19/h6-7H,1-5H2,(H,15,22)(H2,16,17,20,23). The van der Waals surface area contributed by atoms with Crippen LogP contribution >= 0.6 is 0 Å². The molecule has 23 heavy (non-hydrogen) atoms. The van der Waals surface area contributed by atoms with Crippen LogP contribution in [0.5, 0.6) is 0 Å². The molecule has 0 radical (unpaired) electrons. The zero-order valence-electron chi connectivity index (χ0n) is 12.2. The van der Waals surface area contributed by atoms with E-state index in [2.05, 4.69) is 15.4 Å². The molecule has 2 aromatic rings. The largest absolute Gasteiger partial charge is 0.349 e. The predicted molar refractivity (Wildman–Crippen MR) is 80.5 cm³/mol. The lowest BCUT2D eigenvalue weighted by Gasteiger charge is -2.08. The van der Waals surface area contributed by atoms with Gasteiger partial charge in [0.25, 0.3) is 17.0 Å². The minimum Gasteiger partial charge on any atom is -0.349 e. The molecule has 0 atom stereocenters. The highest BCUT2D eigenvalue weighted by molar-refractivity contribution is 5.91. The van der Waals surface area contributed by atoms with Crippen molar-refractivity contribution in [3.05, 3.63) is 60.3 Å². The molecule has 2 heterocycles. The maximum absolute atomic E-state index is 11.9. The minimum absolute atomic E-state index is 0.131. The average Bonchev–Trinajstić information content (AvgIpc) is 2.93. The Balaban J connectivity index is 1.65. The second-order valence-corrected chi connectivity index (χ2v) is 5.29. The summed E-state index contributed by atoms with van der Waals surface area (Å²) in [5.74, 6) is -0.595. The number of hydrogen-bond donors (Lipinski definition) is 3. The number of H-pyrrole nitrogens is 2. The lowest BCUT2D eigenvalue weighted by molar-refractivity contribution is 0.0946. The number of carbonyl (C=O) groups is 1. The molecule has 9 heteroatoms. The number of amides is 1. The summed E-state index contributed by atoms with van der Waals surface area (Å²) in [6.07, 6.45) is 2.74. The fourth-order valence-electron chi connectivity index (χ4n) is 2.56. The third-order valence-corrected chi connectivity index (χ3v) is 3.64. The van der Waals surface area contributed by atoms with E-state index in [0.29, 0.717) is 0 Å². The smallest absolute Gasteiger partial charge is 0.326 e. The maximum Gasteiger partial charge on any atom is 0.326 e. The third-order valence-electron chi connectivity index (χ3n) is 3.64. The summed E-state index contributed by atoms with van der Waals surface area (Å²) in [5, 5.41) is 6.83. The van der Waals surface area contributed by atoms with Crippen molar-refractivity contribution in [2.45, 2.75) is 25.8 Å². The fourth-order valence-corrected chi connectivity index (χ4v) is 2.56. The van der Waals surface area contributed by atoms with E-state index < -0.39 is 17.2 Å². The van der Waals surface area contributed by atoms with E-state index in [9.17, 15) is 19.2 Å². The van der Waals surface area contributed by atoms with Crippen molar-refractivity contribution < 1.29 is 4.79 Å². The Morgan fingerprint density at radius 3 is 2.83 bits per heavy atom. The summed E-state index contributed by atoms with van der Waals surface area (Å²) in [6, 6.07) is 2.59. The number of carbonyl (C=O) groups excluding carboxylic acids is 1. The van der Waals surface area contributed by atoms with Gasteiger partial charge in [-0.2, -0.15) is 5.10 Å². The van der Waals surface area contributed by atoms with Crippen molar-refractivity contribution >= 4 is 5.91 Å². The molecule has 0 fully saturated rings. The Morgan fingerprint density at radius 1 is 1.22 bits per heavy atom. The Hall–Kier alpha value is -2.97. The van der Waals surface area contributed by atoms with Crippen molar-refractivity contribution in [2.24, 2.45) is 0 Å². The van der Waals surface area contributed by atoms with Gasteiger partial charge in [0.1, 0.15) is 5.69 Å². The summed E-state index contributed by atoms with van der Waals surface area (Å²) >= 11 is 0. The molecule has 0 spiro atoms. The highest BCUT2D eigenvalue weighted by Crippen LogP contribution is 2.16. The van der Waals surface area contributed by atoms with Crippen molar-refractivity contribution in [3.8, 4) is 0 Å². The number of aromatic nitrogens is 4. The van der Waals surface area contributed by atoms with Gasteiger partial charge in [-0.1, -0.05) is 0 Å². The first kappa shape index (κ1) is 14.9. The van der Waals surface area contributed by atoms with Crippen LogP contribution in [0.15, 0.2) is 26.5 Å². The molecule has 0 unspecified atom stereocenters. The first-order valence-corrected chi connectivity index (χ1v) is 7.25. The highest BCUT2D eigenvalue weighted by Gasteiger charge is 2.14. The van der Waals surface area contributed by atoms with Gasteiger partial charge in [-0.15, -0.1) is 0 Å². The third kappa shape index (κ3) is 3.28. The topological polar surface area (TPSA) is 130 Å². The van der Waals surface area contributed by atoms with E-state index in [1.54, 1.807) is 6.07 Å². The Kier molecular flexibility index (Phi) is 3.92. The van der Waals surface area contributed by atoms with Crippen molar-refractivity contribution in [1.82, 2.24) is 25.1 Å². The van der Waals surface area contributed by atoms with Crippen LogP contribution in [-0.4, -0.2) is 32.2 Å². The summed E-state index contributed by atoms with van der Waals surface area (Å²) in [4.78, 5) is 50.3. The Bertz CT molecular complexity index is 895. The quantitative estimate of drug-likeness (QED) is 0.634. The van der Waals surface area contributed by atoms with Crippen LogP contribution < -0.4 is 22.1 Å². The van der Waals surface area contributed by atoms with Gasteiger partial charge >= 0.3 is 5.69 Å². The molecule has 120 valence electrons. The lowest BCUT2D eigenvalue weighted by Crippen LogP contribution is -2.35. The Morgan fingerprint density at radius 2 is 2.04 bits per heavy atom. The van der Waals surface area contributed by atoms with Crippen LogP contribution in [-0.2, 0) is 19.4 Å². The summed E-state index contributed by atoms with van der Waals surface area (Å²) in [6.45, 7) is 0.366. The second kappa shape index (κ2) is 6.03. The first-order valence-electron chi connectivity index (χ1n) is 7.25. The van der Waals surface area contributed by atoms with Gasteiger partial charge in [0, 0.05) is 18.7 Å². The molecule has 1 aliphatic carbocycles. The lowest BCUT2D eigenvalue weighted by atomic mass is 10.2. The minimum atomic E-state index is -0.751. The zero-order valence-corrected chi connectivity index (χ0v) is 12.2. The SMILES string of the molecule is O=C(NCCn1nc2c(cc1=O)CCC2)c1cc(=O)[nH]c(=O)[nH]1. The molecule has 3 N–H and O–H groups in total. The van der Waals surface area contributed by atoms with Crippen LogP contribution in [0.2, 0.25) is 0 Å². The normalized spacial score (nSPS) is 12.9. The number of nitrogens with zero attached hydrogens (tertiary/aromatic N) is 2. The van der Waals surface area contributed by atoms with Crippen LogP contribution in [0.1, 0.15) is 28.2 Å². The molecular weight excluding hydrogens is 302 g/mol. The summed E-state index contributed by atoms with van der Waals surface area (Å²) in [7, 11) is 0. The van der Waals surface area contributed by atoms with Gasteiger partial charge < -0.3 is 10.3 Å². The number of fused-ring (bicyclic) bond motifs is 1. The van der Waals surface area contributed by atoms with Gasteiger partial charge in [-0.05, 0) is 24.8 Å². The van der Waals surface area contributed by atoms with Gasteiger partial charge in [0.2, 0.25) is 0 Å². The zero-order chi connectivity index (χ0) is 16.4. The number of aromatic amines is 2. The van der Waals surface area contributed by atoms with Crippen LogP contribution in [0.4, 0.5) is 0 Å². The van der Waals surface area contributed by atoms with Gasteiger partial charge in [0.05, 0.1) is 12.2 Å². The molecule has 0 aliphatic heterocycles. The van der Waals surface area contributed by atoms with E-state index in [4.69, 9.17) is 0 Å². The van der Waals surface area contributed by atoms with E-state index in [0.717, 1.165) is 36.6 Å². The average molecular weight is 317 g/mol. The first-order chi connectivity index (χ1) is 11.0. The molecule has 3 rings (SSSR count). The van der Waals surface area contributed by atoms with Gasteiger partial charge in [-0.25, -0.2) is 9.48 Å². The maximum atomic E-state index is 11.9. The van der Waals surface area contributed by atoms with Gasteiger partial charge in [0.15, 0.2) is 0 Å². The molecule has 2 aromatic heterocycles. The molecule has 0 saturated heterocycles. The molecule has 0 saturated carbocycles. The van der Waals surface area contributed by atoms with Crippen LogP contribution in [0, 0.1) is 0 Å². The second-order valence-electron chi connectivity index (χ2n) is 5.29. The molecular formula is C14H15N5O4. The number of aryl methyl sites for hydroxylation is 2. The van der Waals surface area contributed by atoms with E-state index in [1.807, 2.05) is 4.98 Å².